The van der Waals surface area contributed by atoms with Crippen LogP contribution < -0.4 is 57.2 Å². The number of carbonyl (C=O) groups is 10. The highest BCUT2D eigenvalue weighted by atomic mass is 35.5. The standard InChI is InChI=1S/C75H84Cl2N8O22.C8H18/c1-29(2)11-47(79-4)72(101)84-62-50(90)20-39(23-58(93)81-75(78)103)70(99)82-60-38-21-55(104-53-9-6-34(64(62)94)18-45(53)76)69(107-74-68(98)67(97)66(96)57(106-74)28-80-30(3)86)56(22-38)105-54-10-7-35(19-46(54)77)65(95)63-73(102)83-61(52(92)26-41-36-13-31-12-32(15-36)16-37(41)14-31)44-24-40(87)25-49(89)59(44)43-17-33(5-8-48(43)88)42(27-51(60)91)71(100)85-63;1-3-5-7-8-6-4-2/h5-10,17-19,21-22,24-25,29,31-32,36-37,39,41-42,47,57,60-68,74,79,87-89,94-98H,11-16,20,23,26-28H2,1-4H3,(H,80,86)(H,82,99)(H,83,102)(H,84,101)(H,85,100)(H3,78,81,93,103);3-8H2,1-2H3/t31?,32?,36?,37?,39-,41?,42+,47+,57?,60+,61-,62-,63-,64+,65+,66?,67?,68?,74?;/m0./s1. The Morgan fingerprint density at radius 1 is 0.643 bits per heavy atom. The first-order valence-electron chi connectivity index (χ1n) is 39.3. The Kier molecular flexibility index (Phi) is 28.3. The molecule has 5 aromatic rings. The number of amides is 8. The molecule has 15 rings (SSSR count). The number of unbranched alkanes of at least 4 members (excludes halogenated alkanes) is 5. The van der Waals surface area contributed by atoms with Crippen molar-refractivity contribution in [3.63, 3.8) is 0 Å². The molecule has 15 bridgehead atoms. The molecule has 6 heterocycles. The van der Waals surface area contributed by atoms with Crippen LogP contribution in [0.2, 0.25) is 10.0 Å². The van der Waals surface area contributed by atoms with E-state index in [9.17, 15) is 60.0 Å². The maximum Gasteiger partial charge on any atom is 0.318 e. The summed E-state index contributed by atoms with van der Waals surface area (Å²) in [5.41, 5.74) is 3.71. The number of ketones is 3. The van der Waals surface area contributed by atoms with Gasteiger partial charge < -0.3 is 97.4 Å². The van der Waals surface area contributed by atoms with Crippen LogP contribution in [0.4, 0.5) is 4.79 Å². The Morgan fingerprint density at radius 2 is 1.25 bits per heavy atom. The minimum Gasteiger partial charge on any atom is -0.508 e. The van der Waals surface area contributed by atoms with Gasteiger partial charge >= 0.3 is 6.03 Å². The van der Waals surface area contributed by atoms with E-state index >= 15 is 28.8 Å². The van der Waals surface area contributed by atoms with Crippen LogP contribution in [0, 0.1) is 41.4 Å². The number of rotatable bonds is 19. The van der Waals surface area contributed by atoms with Gasteiger partial charge in [-0.1, -0.05) is 108 Å². The highest BCUT2D eigenvalue weighted by Gasteiger charge is 2.51. The number of halogens is 2. The summed E-state index contributed by atoms with van der Waals surface area (Å²) in [7, 11) is 1.49. The Labute approximate surface area is 674 Å². The molecule has 0 aromatic heterocycles. The molecule has 32 heteroatoms. The van der Waals surface area contributed by atoms with E-state index in [2.05, 4.69) is 45.7 Å². The van der Waals surface area contributed by atoms with E-state index in [0.29, 0.717) is 11.8 Å². The van der Waals surface area contributed by atoms with E-state index in [0.717, 1.165) is 81.5 Å². The summed E-state index contributed by atoms with van der Waals surface area (Å²) >= 11 is 14.2. The number of aliphatic hydroxyl groups is 5. The molecule has 30 nitrogen and oxygen atoms in total. The number of primary amides is 1. The van der Waals surface area contributed by atoms with Crippen LogP contribution in [-0.4, -0.2) is 162 Å². The van der Waals surface area contributed by atoms with Gasteiger partial charge in [-0.25, -0.2) is 4.79 Å². The molecular formula is C83H102Cl2N8O22. The highest BCUT2D eigenvalue weighted by Crippen LogP contribution is 2.58. The molecule has 115 heavy (non-hydrogen) atoms. The number of likely N-dealkylation sites (N-methyl/N-ethyl adjacent to an activating group) is 1. The van der Waals surface area contributed by atoms with Crippen molar-refractivity contribution in [1.29, 1.82) is 0 Å². The molecule has 0 spiro atoms. The molecule has 5 aromatic carbocycles. The van der Waals surface area contributed by atoms with Crippen molar-refractivity contribution >= 4 is 82.0 Å². The molecule has 5 unspecified atom stereocenters. The number of nitrogens with one attached hydrogen (secondary N) is 7. The Hall–Kier alpha value is -9.50. The molecule has 4 saturated carbocycles. The molecule has 6 aliphatic heterocycles. The van der Waals surface area contributed by atoms with E-state index in [1.807, 2.05) is 19.2 Å². The van der Waals surface area contributed by atoms with Crippen LogP contribution in [0.3, 0.4) is 0 Å². The van der Waals surface area contributed by atoms with Gasteiger partial charge in [0.1, 0.15) is 89.5 Å². The van der Waals surface area contributed by atoms with E-state index in [1.54, 1.807) is 0 Å². The number of aromatic hydroxyl groups is 3. The molecule has 1 saturated heterocycles. The second kappa shape index (κ2) is 37.6. The predicted octanol–water partition coefficient (Wildman–Crippen LogP) is 8.01. The van der Waals surface area contributed by atoms with Crippen LogP contribution in [-0.2, 0) is 47.9 Å². The predicted molar refractivity (Wildman–Crippen MR) is 417 cm³/mol. The second-order valence-corrected chi connectivity index (χ2v) is 32.6. The lowest BCUT2D eigenvalue weighted by atomic mass is 9.51. The lowest BCUT2D eigenvalue weighted by Crippen LogP contribution is -2.61. The van der Waals surface area contributed by atoms with Crippen LogP contribution in [0.15, 0.2) is 78.9 Å². The summed E-state index contributed by atoms with van der Waals surface area (Å²) in [5, 5.41) is 112. The van der Waals surface area contributed by atoms with Gasteiger partial charge in [-0.2, -0.15) is 0 Å². The van der Waals surface area contributed by atoms with Crippen LogP contribution >= 0.6 is 23.2 Å². The summed E-state index contributed by atoms with van der Waals surface area (Å²) in [5.74, 6) is -16.2. The van der Waals surface area contributed by atoms with Crippen molar-refractivity contribution in [2.24, 2.45) is 47.2 Å². The number of ether oxygens (including phenoxy) is 4. The van der Waals surface area contributed by atoms with Crippen molar-refractivity contribution in [3.8, 4) is 57.1 Å². The summed E-state index contributed by atoms with van der Waals surface area (Å²) < 4.78 is 25.7. The van der Waals surface area contributed by atoms with Crippen molar-refractivity contribution in [3.05, 3.63) is 117 Å². The Balaban J connectivity index is 0.00000154. The average molecular weight is 1630 g/mol. The summed E-state index contributed by atoms with van der Waals surface area (Å²) in [4.78, 5) is 147. The molecule has 0 radical (unpaired) electrons. The number of hydrogen-bond donors (Lipinski definition) is 16. The fourth-order valence-electron chi connectivity index (χ4n) is 17.3. The second-order valence-electron chi connectivity index (χ2n) is 31.8. The SMILES string of the molecule is CCCCCCCC.CN[C@H](CC(C)C)C(=O)N[C@H]1C(=O)C[C@@H](CC(=O)NC(N)=O)C(=O)N[C@H]2C(=O)C[C@H]3C(=O)N[C@H](C(=O)N[C@H](C(=O)CC4C5CC6CC(C5)CC4C6)c4cc(O)cc(O)c4-c4cc3ccc4O)[C@H](O)c3ccc(c(Cl)c3)Oc3cc2cc(c3OC2OC(CNC(C)=O)C(O)C(O)C2O)Oc2ccc(cc2Cl)[C@H]1O. The van der Waals surface area contributed by atoms with Crippen molar-refractivity contribution < 1.29 is 108 Å². The zero-order valence-corrected chi connectivity index (χ0v) is 66.2. The van der Waals surface area contributed by atoms with Crippen LogP contribution in [0.5, 0.6) is 46.0 Å². The number of Topliss-reactive ketones (excluding diaryl/α,β-unsaturated/α-hetero) is 3. The zero-order chi connectivity index (χ0) is 83.1. The molecular weight excluding hydrogens is 1530 g/mol. The molecule has 14 atom stereocenters. The average Bonchev–Trinajstić information content (AvgIpc) is 0.758. The zero-order valence-electron chi connectivity index (χ0n) is 64.7. The number of aliphatic hydroxyl groups excluding tert-OH is 5. The van der Waals surface area contributed by atoms with Gasteiger partial charge in [0.15, 0.2) is 28.8 Å². The van der Waals surface area contributed by atoms with Gasteiger partial charge in [0.25, 0.3) is 0 Å². The van der Waals surface area contributed by atoms with Gasteiger partial charge in [-0.3, -0.25) is 48.5 Å². The van der Waals surface area contributed by atoms with E-state index < -0.39 is 210 Å². The van der Waals surface area contributed by atoms with Crippen LogP contribution in [0.1, 0.15) is 195 Å². The minimum absolute atomic E-state index is 0.0722. The van der Waals surface area contributed by atoms with Crippen molar-refractivity contribution in [2.75, 3.05) is 13.6 Å². The number of carbonyl (C=O) groups excluding carboxylic acids is 10. The fraction of sp³-hybridized carbons (Fsp3) is 0.518. The molecule has 10 aliphatic rings. The quantitative estimate of drug-likeness (QED) is 0.0348. The maximum absolute atomic E-state index is 16.3. The third kappa shape index (κ3) is 20.1. The van der Waals surface area contributed by atoms with Gasteiger partial charge in [0.2, 0.25) is 47.5 Å². The first-order chi connectivity index (χ1) is 54.7. The molecule has 8 amide bonds. The number of hydrogen-bond acceptors (Lipinski definition) is 23. The number of phenolic OH excluding ortho intramolecular Hbond substituents is 3. The number of fused-ring (bicyclic) bond motifs is 15. The first kappa shape index (κ1) is 86.4. The summed E-state index contributed by atoms with van der Waals surface area (Å²) in [6, 6.07) is 4.50. The van der Waals surface area contributed by atoms with Crippen LogP contribution in [0.25, 0.3) is 11.1 Å². The normalized spacial score (nSPS) is 27.9. The smallest absolute Gasteiger partial charge is 0.318 e. The van der Waals surface area contributed by atoms with Gasteiger partial charge in [0, 0.05) is 56.3 Å². The Morgan fingerprint density at radius 3 is 1.83 bits per heavy atom. The number of urea groups is 1. The minimum atomic E-state index is -2.22. The van der Waals surface area contributed by atoms with Crippen molar-refractivity contribution in [2.45, 2.75) is 216 Å². The number of phenols is 3. The summed E-state index contributed by atoms with van der Waals surface area (Å²) in [6.45, 7) is 8.87. The maximum atomic E-state index is 16.3. The number of imide groups is 1. The molecule has 4 aliphatic carbocycles. The Bertz CT molecular complexity index is 4470. The van der Waals surface area contributed by atoms with E-state index in [4.69, 9.17) is 47.9 Å². The fourth-order valence-corrected chi connectivity index (χ4v) is 17.8. The van der Waals surface area contributed by atoms with E-state index in [1.165, 1.54) is 82.0 Å². The highest BCUT2D eigenvalue weighted by molar-refractivity contribution is 6.32. The van der Waals surface area contributed by atoms with Gasteiger partial charge in [-0.05, 0) is 163 Å². The van der Waals surface area contributed by atoms with E-state index in [-0.39, 0.29) is 91.4 Å². The summed E-state index contributed by atoms with van der Waals surface area (Å²) in [6.07, 6.45) is -3.63. The number of benzene rings is 5. The lowest BCUT2D eigenvalue weighted by Gasteiger charge is -2.54. The molecule has 620 valence electrons. The number of nitrogens with two attached hydrogens (primary N) is 1. The van der Waals surface area contributed by atoms with Gasteiger partial charge in [-0.15, -0.1) is 0 Å². The topological polar surface area (TPSA) is 480 Å². The third-order valence-corrected chi connectivity index (χ3v) is 23.6. The molecule has 17 N–H and O–H groups in total. The largest absolute Gasteiger partial charge is 0.508 e. The molecule has 5 fully saturated rings. The monoisotopic (exact) mass is 1630 g/mol. The first-order valence-corrected chi connectivity index (χ1v) is 40.0. The van der Waals surface area contributed by atoms with Crippen molar-refractivity contribution in [1.82, 2.24) is 37.2 Å². The third-order valence-electron chi connectivity index (χ3n) is 23.0. The lowest BCUT2D eigenvalue weighted by molar-refractivity contribution is -0.271. The van der Waals surface area contributed by atoms with Gasteiger partial charge in [0.05, 0.1) is 27.9 Å².